The number of anilines is 1. The summed E-state index contributed by atoms with van der Waals surface area (Å²) in [5, 5.41) is 0.369. The van der Waals surface area contributed by atoms with E-state index in [0.717, 1.165) is 13.1 Å². The number of rotatable bonds is 4. The summed E-state index contributed by atoms with van der Waals surface area (Å²) in [5.41, 5.74) is 2.95. The Labute approximate surface area is 159 Å². The highest BCUT2D eigenvalue weighted by Crippen LogP contribution is 2.36. The van der Waals surface area contributed by atoms with E-state index >= 15 is 0 Å². The summed E-state index contributed by atoms with van der Waals surface area (Å²) in [6, 6.07) is 11.8. The molecule has 1 heterocycles. The Hall–Kier alpha value is -2.40. The van der Waals surface area contributed by atoms with Crippen LogP contribution in [0.5, 0.6) is 11.5 Å². The van der Waals surface area contributed by atoms with Crippen molar-refractivity contribution in [1.82, 2.24) is 4.90 Å². The molecule has 5 nitrogen and oxygen atoms in total. The number of piperazine rings is 1. The van der Waals surface area contributed by atoms with Gasteiger partial charge in [-0.1, -0.05) is 23.7 Å². The van der Waals surface area contributed by atoms with E-state index in [9.17, 15) is 4.79 Å². The maximum atomic E-state index is 12.9. The van der Waals surface area contributed by atoms with Gasteiger partial charge in [-0.05, 0) is 36.8 Å². The Kier molecular flexibility index (Phi) is 5.57. The maximum Gasteiger partial charge on any atom is 0.254 e. The molecule has 0 radical (unpaired) electrons. The molecule has 1 amide bonds. The van der Waals surface area contributed by atoms with Crippen molar-refractivity contribution < 1.29 is 14.3 Å². The van der Waals surface area contributed by atoms with Gasteiger partial charge in [-0.25, -0.2) is 0 Å². The Morgan fingerprint density at radius 1 is 1.04 bits per heavy atom. The molecule has 1 aliphatic heterocycles. The largest absolute Gasteiger partial charge is 0.493 e. The zero-order valence-electron chi connectivity index (χ0n) is 15.3. The fraction of sp³-hybridized carbons (Fsp3) is 0.350. The lowest BCUT2D eigenvalue weighted by Crippen LogP contribution is -2.48. The van der Waals surface area contributed by atoms with E-state index in [-0.39, 0.29) is 5.91 Å². The smallest absolute Gasteiger partial charge is 0.254 e. The minimum atomic E-state index is -0.0447. The van der Waals surface area contributed by atoms with Gasteiger partial charge in [0.1, 0.15) is 0 Å². The number of methoxy groups -OCH3 is 2. The molecule has 1 saturated heterocycles. The van der Waals surface area contributed by atoms with E-state index in [4.69, 9.17) is 21.1 Å². The van der Waals surface area contributed by atoms with E-state index in [1.165, 1.54) is 25.5 Å². The van der Waals surface area contributed by atoms with Crippen molar-refractivity contribution in [2.45, 2.75) is 6.92 Å². The zero-order valence-corrected chi connectivity index (χ0v) is 16.0. The normalized spacial score (nSPS) is 14.3. The van der Waals surface area contributed by atoms with Gasteiger partial charge in [0.15, 0.2) is 11.5 Å². The third-order valence-electron chi connectivity index (χ3n) is 4.61. The van der Waals surface area contributed by atoms with Gasteiger partial charge in [0, 0.05) is 37.4 Å². The van der Waals surface area contributed by atoms with Crippen molar-refractivity contribution >= 4 is 23.2 Å². The number of hydrogen-bond donors (Lipinski definition) is 0. The minimum absolute atomic E-state index is 0.0447. The van der Waals surface area contributed by atoms with Gasteiger partial charge in [-0.3, -0.25) is 4.79 Å². The van der Waals surface area contributed by atoms with E-state index in [1.54, 1.807) is 12.1 Å². The molecule has 2 aromatic carbocycles. The van der Waals surface area contributed by atoms with Crippen molar-refractivity contribution in [2.24, 2.45) is 0 Å². The number of ether oxygens (including phenoxy) is 2. The standard InChI is InChI=1S/C20H23ClN2O3/c1-14-5-4-6-16(11-14)22-7-9-23(10-8-22)20(24)15-12-17(21)19(26-3)18(13-15)25-2/h4-6,11-13H,7-10H2,1-3H3. The first-order valence-electron chi connectivity index (χ1n) is 8.56. The van der Waals surface area contributed by atoms with Crippen molar-refractivity contribution in [3.8, 4) is 11.5 Å². The summed E-state index contributed by atoms with van der Waals surface area (Å²) < 4.78 is 10.5. The van der Waals surface area contributed by atoms with Crippen LogP contribution in [0.2, 0.25) is 5.02 Å². The van der Waals surface area contributed by atoms with Gasteiger partial charge in [-0.15, -0.1) is 0 Å². The second-order valence-corrected chi connectivity index (χ2v) is 6.72. The monoisotopic (exact) mass is 374 g/mol. The van der Waals surface area contributed by atoms with Gasteiger partial charge in [0.25, 0.3) is 5.91 Å². The fourth-order valence-corrected chi connectivity index (χ4v) is 3.50. The molecule has 0 aromatic heterocycles. The van der Waals surface area contributed by atoms with Gasteiger partial charge in [-0.2, -0.15) is 0 Å². The van der Waals surface area contributed by atoms with Crippen LogP contribution in [0.1, 0.15) is 15.9 Å². The van der Waals surface area contributed by atoms with Crippen molar-refractivity contribution in [2.75, 3.05) is 45.3 Å². The zero-order chi connectivity index (χ0) is 18.7. The SMILES string of the molecule is COc1cc(C(=O)N2CCN(c3cccc(C)c3)CC2)cc(Cl)c1OC. The summed E-state index contributed by atoms with van der Waals surface area (Å²) in [6.45, 7) is 5.02. The van der Waals surface area contributed by atoms with Crippen LogP contribution in [0.15, 0.2) is 36.4 Å². The Bertz CT molecular complexity index is 802. The number of amides is 1. The van der Waals surface area contributed by atoms with Crippen LogP contribution in [-0.4, -0.2) is 51.2 Å². The molecule has 26 heavy (non-hydrogen) atoms. The molecule has 0 spiro atoms. The second kappa shape index (κ2) is 7.87. The van der Waals surface area contributed by atoms with Gasteiger partial charge < -0.3 is 19.3 Å². The molecule has 138 valence electrons. The van der Waals surface area contributed by atoms with Crippen LogP contribution >= 0.6 is 11.6 Å². The lowest BCUT2D eigenvalue weighted by atomic mass is 10.1. The summed E-state index contributed by atoms with van der Waals surface area (Å²) in [7, 11) is 3.05. The van der Waals surface area contributed by atoms with Crippen LogP contribution in [-0.2, 0) is 0 Å². The topological polar surface area (TPSA) is 42.0 Å². The van der Waals surface area contributed by atoms with Crippen molar-refractivity contribution in [3.05, 3.63) is 52.5 Å². The molecular formula is C20H23ClN2O3. The molecule has 0 saturated carbocycles. The first kappa shape index (κ1) is 18.4. The first-order valence-corrected chi connectivity index (χ1v) is 8.93. The molecule has 1 fully saturated rings. The highest BCUT2D eigenvalue weighted by Gasteiger charge is 2.24. The third-order valence-corrected chi connectivity index (χ3v) is 4.89. The molecule has 0 bridgehead atoms. The molecule has 0 unspecified atom stereocenters. The number of carbonyl (C=O) groups is 1. The fourth-order valence-electron chi connectivity index (χ4n) is 3.22. The highest BCUT2D eigenvalue weighted by atomic mass is 35.5. The predicted molar refractivity (Wildman–Crippen MR) is 104 cm³/mol. The van der Waals surface area contributed by atoms with E-state index in [2.05, 4.69) is 36.1 Å². The molecule has 2 aromatic rings. The van der Waals surface area contributed by atoms with Crippen LogP contribution in [0.3, 0.4) is 0 Å². The summed E-state index contributed by atoms with van der Waals surface area (Å²) in [4.78, 5) is 17.0. The van der Waals surface area contributed by atoms with E-state index < -0.39 is 0 Å². The number of halogens is 1. The minimum Gasteiger partial charge on any atom is -0.493 e. The van der Waals surface area contributed by atoms with E-state index in [1.807, 2.05) is 4.90 Å². The summed E-state index contributed by atoms with van der Waals surface area (Å²) in [6.07, 6.45) is 0. The van der Waals surface area contributed by atoms with Gasteiger partial charge in [0.05, 0.1) is 19.2 Å². The Balaban J connectivity index is 1.71. The quantitative estimate of drug-likeness (QED) is 0.819. The molecule has 0 aliphatic carbocycles. The summed E-state index contributed by atoms with van der Waals surface area (Å²) >= 11 is 6.23. The molecular weight excluding hydrogens is 352 g/mol. The first-order chi connectivity index (χ1) is 12.5. The molecule has 0 N–H and O–H groups in total. The van der Waals surface area contributed by atoms with Crippen molar-refractivity contribution in [3.63, 3.8) is 0 Å². The average molecular weight is 375 g/mol. The van der Waals surface area contributed by atoms with Gasteiger partial charge in [0.2, 0.25) is 0 Å². The molecule has 1 aliphatic rings. The molecule has 0 atom stereocenters. The predicted octanol–water partition coefficient (Wildman–Crippen LogP) is 3.63. The van der Waals surface area contributed by atoms with E-state index in [0.29, 0.717) is 35.2 Å². The van der Waals surface area contributed by atoms with Crippen LogP contribution in [0.4, 0.5) is 5.69 Å². The van der Waals surface area contributed by atoms with Crippen LogP contribution in [0, 0.1) is 6.92 Å². The number of aryl methyl sites for hydroxylation is 1. The third kappa shape index (κ3) is 3.73. The second-order valence-electron chi connectivity index (χ2n) is 6.31. The van der Waals surface area contributed by atoms with Crippen LogP contribution < -0.4 is 14.4 Å². The average Bonchev–Trinajstić information content (AvgIpc) is 2.66. The number of nitrogens with zero attached hydrogens (tertiary/aromatic N) is 2. The lowest BCUT2D eigenvalue weighted by molar-refractivity contribution is 0.0746. The Morgan fingerprint density at radius 3 is 2.38 bits per heavy atom. The number of benzene rings is 2. The summed E-state index contributed by atoms with van der Waals surface area (Å²) in [5.74, 6) is 0.855. The molecule has 6 heteroatoms. The van der Waals surface area contributed by atoms with Crippen LogP contribution in [0.25, 0.3) is 0 Å². The highest BCUT2D eigenvalue weighted by molar-refractivity contribution is 6.32. The van der Waals surface area contributed by atoms with Gasteiger partial charge >= 0.3 is 0 Å². The lowest BCUT2D eigenvalue weighted by Gasteiger charge is -2.36. The maximum absolute atomic E-state index is 12.9. The number of carbonyl (C=O) groups excluding carboxylic acids is 1. The van der Waals surface area contributed by atoms with Crippen molar-refractivity contribution in [1.29, 1.82) is 0 Å². The Morgan fingerprint density at radius 2 is 1.77 bits per heavy atom. The molecule has 3 rings (SSSR count). The number of hydrogen-bond acceptors (Lipinski definition) is 4.